The number of hydrogen-bond donors (Lipinski definition) is 0. The van der Waals surface area contributed by atoms with E-state index in [0.717, 1.165) is 37.0 Å². The van der Waals surface area contributed by atoms with Gasteiger partial charge in [0.2, 0.25) is 0 Å². The molecule has 6 nitrogen and oxygen atoms in total. The molecule has 0 bridgehead atoms. The Morgan fingerprint density at radius 3 is 2.52 bits per heavy atom. The number of hydrogen-bond acceptors (Lipinski definition) is 5. The lowest BCUT2D eigenvalue weighted by atomic mass is 9.56. The van der Waals surface area contributed by atoms with Gasteiger partial charge in [0, 0.05) is 25.5 Å². The molecule has 0 saturated heterocycles. The molecule has 1 aromatic carbocycles. The monoisotopic (exact) mass is 371 g/mol. The maximum atomic E-state index is 12.7. The van der Waals surface area contributed by atoms with Crippen molar-refractivity contribution in [1.29, 1.82) is 0 Å². The van der Waals surface area contributed by atoms with E-state index in [1.165, 1.54) is 25.6 Å². The van der Waals surface area contributed by atoms with Crippen LogP contribution in [0.1, 0.15) is 76.5 Å². The molecule has 2 amide bonds. The lowest BCUT2D eigenvalue weighted by Gasteiger charge is -2.56. The van der Waals surface area contributed by atoms with Crippen molar-refractivity contribution in [2.24, 2.45) is 5.41 Å². The normalized spacial score (nSPS) is 26.1. The predicted octanol–water partition coefficient (Wildman–Crippen LogP) is 3.20. The molecule has 3 aliphatic rings. The molecule has 2 aliphatic carbocycles. The molecule has 144 valence electrons. The molecular weight excluding hydrogens is 346 g/mol. The lowest BCUT2D eigenvalue weighted by molar-refractivity contribution is -0.205. The predicted molar refractivity (Wildman–Crippen MR) is 97.6 cm³/mol. The molecule has 2 saturated carbocycles. The van der Waals surface area contributed by atoms with Crippen molar-refractivity contribution in [3.8, 4) is 0 Å². The quantitative estimate of drug-likeness (QED) is 0.600. The highest BCUT2D eigenvalue weighted by molar-refractivity contribution is 6.21. The molecule has 1 spiro atoms. The third-order valence-corrected chi connectivity index (χ3v) is 6.44. The molecule has 1 aliphatic heterocycles. The van der Waals surface area contributed by atoms with Gasteiger partial charge in [-0.05, 0) is 38.0 Å². The van der Waals surface area contributed by atoms with Crippen molar-refractivity contribution in [3.05, 3.63) is 34.9 Å². The summed E-state index contributed by atoms with van der Waals surface area (Å²) in [6.45, 7) is 2.66. The molecular formula is C21H25NO5. The standard InChI is InChI=1S/C21H25NO5/c1-3-26-16-12-17(21(16)9-5-4-6-10-21)27-20(25)13-7-8-14-15(11-13)19(24)22(2)18(14)23/h7-8,11,16-17H,3-6,9-10,12H2,1-2H3. The first-order chi connectivity index (χ1) is 13.0. The maximum Gasteiger partial charge on any atom is 0.338 e. The van der Waals surface area contributed by atoms with E-state index in [1.54, 1.807) is 6.07 Å². The summed E-state index contributed by atoms with van der Waals surface area (Å²) >= 11 is 0. The fourth-order valence-corrected chi connectivity index (χ4v) is 4.85. The number of carbonyl (C=O) groups is 3. The first-order valence-electron chi connectivity index (χ1n) is 9.77. The van der Waals surface area contributed by atoms with E-state index in [2.05, 4.69) is 0 Å². The van der Waals surface area contributed by atoms with Crippen LogP contribution in [0.15, 0.2) is 18.2 Å². The van der Waals surface area contributed by atoms with Gasteiger partial charge in [0.25, 0.3) is 11.8 Å². The van der Waals surface area contributed by atoms with Crippen LogP contribution in [0.4, 0.5) is 0 Å². The van der Waals surface area contributed by atoms with E-state index in [4.69, 9.17) is 9.47 Å². The van der Waals surface area contributed by atoms with E-state index < -0.39 is 5.97 Å². The Morgan fingerprint density at radius 2 is 1.81 bits per heavy atom. The number of benzene rings is 1. The van der Waals surface area contributed by atoms with Crippen molar-refractivity contribution in [2.75, 3.05) is 13.7 Å². The molecule has 6 heteroatoms. The Labute approximate surface area is 158 Å². The number of imide groups is 1. The van der Waals surface area contributed by atoms with Crippen LogP contribution in [0.2, 0.25) is 0 Å². The van der Waals surface area contributed by atoms with Gasteiger partial charge in [0.15, 0.2) is 0 Å². The van der Waals surface area contributed by atoms with Gasteiger partial charge in [-0.15, -0.1) is 0 Å². The molecule has 4 rings (SSSR count). The summed E-state index contributed by atoms with van der Waals surface area (Å²) < 4.78 is 11.8. The molecule has 0 N–H and O–H groups in total. The van der Waals surface area contributed by atoms with Crippen LogP contribution < -0.4 is 0 Å². The molecule has 0 radical (unpaired) electrons. The van der Waals surface area contributed by atoms with Gasteiger partial charge < -0.3 is 9.47 Å². The highest BCUT2D eigenvalue weighted by atomic mass is 16.6. The van der Waals surface area contributed by atoms with Crippen LogP contribution in [0.5, 0.6) is 0 Å². The summed E-state index contributed by atoms with van der Waals surface area (Å²) in [4.78, 5) is 38.0. The second-order valence-electron chi connectivity index (χ2n) is 7.80. The number of carbonyl (C=O) groups excluding carboxylic acids is 3. The first kappa shape index (κ1) is 18.2. The van der Waals surface area contributed by atoms with E-state index in [0.29, 0.717) is 17.7 Å². The Hall–Kier alpha value is -2.21. The first-order valence-corrected chi connectivity index (χ1v) is 9.77. The fraction of sp³-hybridized carbons (Fsp3) is 0.571. The van der Waals surface area contributed by atoms with Gasteiger partial charge in [0.05, 0.1) is 22.8 Å². The number of fused-ring (bicyclic) bond motifs is 1. The van der Waals surface area contributed by atoms with Crippen LogP contribution in [-0.2, 0) is 9.47 Å². The minimum Gasteiger partial charge on any atom is -0.458 e. The Bertz CT molecular complexity index is 796. The van der Waals surface area contributed by atoms with Crippen LogP contribution >= 0.6 is 0 Å². The molecule has 1 aromatic rings. The van der Waals surface area contributed by atoms with Crippen LogP contribution in [-0.4, -0.2) is 48.5 Å². The number of amides is 2. The third kappa shape index (κ3) is 2.78. The number of rotatable bonds is 4. The van der Waals surface area contributed by atoms with E-state index in [1.807, 2.05) is 6.92 Å². The second-order valence-corrected chi connectivity index (χ2v) is 7.80. The molecule has 2 fully saturated rings. The van der Waals surface area contributed by atoms with Crippen LogP contribution in [0, 0.1) is 5.41 Å². The summed E-state index contributed by atoms with van der Waals surface area (Å²) in [5.41, 5.74) is 0.858. The van der Waals surface area contributed by atoms with Crippen LogP contribution in [0.3, 0.4) is 0 Å². The molecule has 2 unspecified atom stereocenters. The van der Waals surface area contributed by atoms with Gasteiger partial charge >= 0.3 is 5.97 Å². The van der Waals surface area contributed by atoms with Crippen molar-refractivity contribution >= 4 is 17.8 Å². The van der Waals surface area contributed by atoms with Gasteiger partial charge in [-0.3, -0.25) is 14.5 Å². The minimum atomic E-state index is -0.433. The molecule has 1 heterocycles. The molecule has 2 atom stereocenters. The Morgan fingerprint density at radius 1 is 1.11 bits per heavy atom. The zero-order valence-electron chi connectivity index (χ0n) is 15.8. The minimum absolute atomic E-state index is 0.0628. The van der Waals surface area contributed by atoms with Crippen molar-refractivity contribution < 1.29 is 23.9 Å². The summed E-state index contributed by atoms with van der Waals surface area (Å²) in [7, 11) is 1.44. The summed E-state index contributed by atoms with van der Waals surface area (Å²) in [5, 5.41) is 0. The second kappa shape index (κ2) is 6.75. The molecule has 0 aromatic heterocycles. The zero-order valence-corrected chi connectivity index (χ0v) is 15.8. The number of ether oxygens (including phenoxy) is 2. The lowest BCUT2D eigenvalue weighted by Crippen LogP contribution is -2.60. The SMILES string of the molecule is CCOC1CC(OC(=O)c2ccc3c(c2)C(=O)N(C)C3=O)C12CCCCC2. The van der Waals surface area contributed by atoms with E-state index in [9.17, 15) is 14.4 Å². The number of esters is 1. The van der Waals surface area contributed by atoms with Crippen molar-refractivity contribution in [2.45, 2.75) is 57.7 Å². The zero-order chi connectivity index (χ0) is 19.2. The van der Waals surface area contributed by atoms with Crippen LogP contribution in [0.25, 0.3) is 0 Å². The van der Waals surface area contributed by atoms with Gasteiger partial charge in [-0.2, -0.15) is 0 Å². The maximum absolute atomic E-state index is 12.7. The fourth-order valence-electron chi connectivity index (χ4n) is 4.85. The Kier molecular flexibility index (Phi) is 4.54. The number of nitrogens with zero attached hydrogens (tertiary/aromatic N) is 1. The molecule has 27 heavy (non-hydrogen) atoms. The van der Waals surface area contributed by atoms with E-state index in [-0.39, 0.29) is 35.0 Å². The van der Waals surface area contributed by atoms with Gasteiger partial charge in [-0.25, -0.2) is 4.79 Å². The van der Waals surface area contributed by atoms with Gasteiger partial charge in [0.1, 0.15) is 6.10 Å². The average molecular weight is 371 g/mol. The highest BCUT2D eigenvalue weighted by Gasteiger charge is 2.57. The third-order valence-electron chi connectivity index (χ3n) is 6.44. The largest absolute Gasteiger partial charge is 0.458 e. The smallest absolute Gasteiger partial charge is 0.338 e. The summed E-state index contributed by atoms with van der Waals surface area (Å²) in [6, 6.07) is 4.58. The van der Waals surface area contributed by atoms with Crippen molar-refractivity contribution in [3.63, 3.8) is 0 Å². The van der Waals surface area contributed by atoms with Gasteiger partial charge in [-0.1, -0.05) is 19.3 Å². The summed E-state index contributed by atoms with van der Waals surface area (Å²) in [5.74, 6) is -1.15. The van der Waals surface area contributed by atoms with Crippen molar-refractivity contribution in [1.82, 2.24) is 4.90 Å². The summed E-state index contributed by atoms with van der Waals surface area (Å²) in [6.07, 6.45) is 6.29. The average Bonchev–Trinajstić information content (AvgIpc) is 2.91. The highest BCUT2D eigenvalue weighted by Crippen LogP contribution is 2.54. The Balaban J connectivity index is 1.52. The topological polar surface area (TPSA) is 72.9 Å². The van der Waals surface area contributed by atoms with E-state index >= 15 is 0 Å².